The zero-order chi connectivity index (χ0) is 29.8. The Morgan fingerprint density at radius 3 is 2.77 bits per heavy atom. The molecular weight excluding hydrogens is 550 g/mol. The van der Waals surface area contributed by atoms with Crippen LogP contribution >= 0.6 is 0 Å². The van der Waals surface area contributed by atoms with Crippen molar-refractivity contribution >= 4 is 22.6 Å². The van der Waals surface area contributed by atoms with Crippen LogP contribution in [0.5, 0.6) is 6.01 Å². The van der Waals surface area contributed by atoms with Gasteiger partial charge in [-0.25, -0.2) is 15.4 Å². The Kier molecular flexibility index (Phi) is 7.01. The molecule has 8 nitrogen and oxygen atoms in total. The molecule has 7 rings (SSSR count). The smallest absolute Gasteiger partial charge is 0.319 e. The van der Waals surface area contributed by atoms with Crippen LogP contribution in [0.25, 0.3) is 26.9 Å². The second-order valence-electron chi connectivity index (χ2n) is 12.2. The van der Waals surface area contributed by atoms with E-state index in [1.165, 1.54) is 12.1 Å². The fraction of sp³-hybridized carbons (Fsp3) is 0.455. The number of anilines is 1. The summed E-state index contributed by atoms with van der Waals surface area (Å²) in [5.74, 6) is 0.298. The summed E-state index contributed by atoms with van der Waals surface area (Å²) in [5.41, 5.74) is 2.90. The average molecular weight is 585 g/mol. The maximum absolute atomic E-state index is 16.6. The normalized spacial score (nSPS) is 24.5. The van der Waals surface area contributed by atoms with E-state index in [0.29, 0.717) is 54.5 Å². The Bertz CT molecular complexity index is 1670. The number of likely N-dealkylation sites (N-methyl/N-ethyl adjacent to an activating group) is 1. The Balaban J connectivity index is 1.30. The Labute approximate surface area is 249 Å². The maximum atomic E-state index is 16.6. The molecule has 4 atom stereocenters. The van der Waals surface area contributed by atoms with Gasteiger partial charge in [0.25, 0.3) is 0 Å². The van der Waals surface area contributed by atoms with Crippen LogP contribution in [0.3, 0.4) is 0 Å². The highest BCUT2D eigenvalue weighted by Gasteiger charge is 2.47. The van der Waals surface area contributed by atoms with Gasteiger partial charge in [-0.15, -0.1) is 0 Å². The lowest BCUT2D eigenvalue weighted by atomic mass is 9.93. The molecule has 2 aromatic carbocycles. The molecule has 2 aliphatic carbocycles. The summed E-state index contributed by atoms with van der Waals surface area (Å²) < 4.78 is 37.5. The van der Waals surface area contributed by atoms with Crippen molar-refractivity contribution in [2.24, 2.45) is 5.92 Å². The summed E-state index contributed by atoms with van der Waals surface area (Å²) in [6.07, 6.45) is 5.13. The molecule has 1 saturated carbocycles. The number of hydrogen-bond acceptors (Lipinski definition) is 6. The van der Waals surface area contributed by atoms with E-state index in [2.05, 4.69) is 28.4 Å². The van der Waals surface area contributed by atoms with E-state index in [0.717, 1.165) is 43.4 Å². The van der Waals surface area contributed by atoms with E-state index in [-0.39, 0.29) is 47.8 Å². The monoisotopic (exact) mass is 584 g/mol. The molecule has 3 aromatic rings. The number of rotatable bonds is 7. The van der Waals surface area contributed by atoms with E-state index in [1.54, 1.807) is 17.0 Å². The molecule has 4 aliphatic rings. The highest BCUT2D eigenvalue weighted by atomic mass is 19.1. The fourth-order valence-corrected chi connectivity index (χ4v) is 7.31. The van der Waals surface area contributed by atoms with Gasteiger partial charge in [0, 0.05) is 36.6 Å². The number of ether oxygens (including phenoxy) is 1. The molecule has 0 N–H and O–H groups in total. The molecule has 1 aromatic heterocycles. The third-order valence-corrected chi connectivity index (χ3v) is 9.74. The van der Waals surface area contributed by atoms with Gasteiger partial charge in [-0.1, -0.05) is 18.7 Å². The van der Waals surface area contributed by atoms with Crippen molar-refractivity contribution in [2.45, 2.75) is 43.7 Å². The number of carbonyl (C=O) groups is 1. The molecular formula is C33H34F2N6O2. The predicted molar refractivity (Wildman–Crippen MR) is 160 cm³/mol. The van der Waals surface area contributed by atoms with E-state index >= 15 is 4.39 Å². The summed E-state index contributed by atoms with van der Waals surface area (Å²) in [6.45, 7) is 13.8. The van der Waals surface area contributed by atoms with Crippen LogP contribution < -0.4 is 9.64 Å². The topological polar surface area (TPSA) is 66.2 Å². The first-order chi connectivity index (χ1) is 20.9. The molecule has 1 amide bonds. The molecule has 3 heterocycles. The van der Waals surface area contributed by atoms with Crippen molar-refractivity contribution in [3.05, 3.63) is 71.1 Å². The number of amides is 1. The van der Waals surface area contributed by atoms with Crippen LogP contribution in [0.4, 0.5) is 14.6 Å². The van der Waals surface area contributed by atoms with Crippen LogP contribution in [0.2, 0.25) is 0 Å². The maximum Gasteiger partial charge on any atom is 0.319 e. The van der Waals surface area contributed by atoms with Gasteiger partial charge in [-0.2, -0.15) is 9.97 Å². The van der Waals surface area contributed by atoms with Gasteiger partial charge in [-0.3, -0.25) is 4.79 Å². The molecule has 222 valence electrons. The highest BCUT2D eigenvalue weighted by Crippen LogP contribution is 2.58. The highest BCUT2D eigenvalue weighted by molar-refractivity contribution is 5.94. The molecule has 2 aliphatic heterocycles. The van der Waals surface area contributed by atoms with E-state index in [1.807, 2.05) is 11.0 Å². The quantitative estimate of drug-likeness (QED) is 0.293. The van der Waals surface area contributed by atoms with Crippen LogP contribution in [0.1, 0.15) is 36.3 Å². The average Bonchev–Trinajstić information content (AvgIpc) is 3.47. The zero-order valence-electron chi connectivity index (χ0n) is 24.2. The standard InChI is InChI=1S/C33H34F2N6O2/c1-4-28(42)41-13-12-40(17-21(41)16-36-2)32-24-8-7-23(22-9-10-27(34)29-25-14-19(25)15-26(22)29)30(35)31(24)37-33(38-32)43-18-20-6-5-11-39(20)3/h4,7-10,19-21,25H,1,5-6,11-18H2,3H3/t19-,20-,21-,25-/m0/s1. The van der Waals surface area contributed by atoms with Gasteiger partial charge in [0.15, 0.2) is 5.82 Å². The minimum absolute atomic E-state index is 0.0933. The van der Waals surface area contributed by atoms with Crippen molar-refractivity contribution in [1.29, 1.82) is 0 Å². The summed E-state index contributed by atoms with van der Waals surface area (Å²) in [5, 5.41) is 0.526. The van der Waals surface area contributed by atoms with Crippen molar-refractivity contribution in [3.63, 3.8) is 0 Å². The summed E-state index contributed by atoms with van der Waals surface area (Å²) in [6, 6.07) is 6.66. The van der Waals surface area contributed by atoms with Crippen LogP contribution in [-0.2, 0) is 11.2 Å². The molecule has 0 bridgehead atoms. The number of aromatic nitrogens is 2. The Morgan fingerprint density at radius 2 is 2.00 bits per heavy atom. The molecule has 0 unspecified atom stereocenters. The Hall–Kier alpha value is -4.10. The van der Waals surface area contributed by atoms with Crippen molar-refractivity contribution in [3.8, 4) is 17.1 Å². The second-order valence-corrected chi connectivity index (χ2v) is 12.2. The van der Waals surface area contributed by atoms with Gasteiger partial charge in [-0.05, 0) is 86.0 Å². The van der Waals surface area contributed by atoms with Gasteiger partial charge in [0.1, 0.15) is 29.8 Å². The third-order valence-electron chi connectivity index (χ3n) is 9.74. The molecule has 0 radical (unpaired) electrons. The van der Waals surface area contributed by atoms with E-state index in [9.17, 15) is 9.18 Å². The number of benzene rings is 2. The molecule has 0 spiro atoms. The lowest BCUT2D eigenvalue weighted by molar-refractivity contribution is -0.128. The number of fused-ring (bicyclic) bond motifs is 4. The molecule has 2 saturated heterocycles. The number of piperazine rings is 1. The summed E-state index contributed by atoms with van der Waals surface area (Å²) >= 11 is 0. The van der Waals surface area contributed by atoms with Crippen molar-refractivity contribution < 1.29 is 18.3 Å². The van der Waals surface area contributed by atoms with Gasteiger partial charge < -0.3 is 24.3 Å². The minimum atomic E-state index is -0.489. The number of likely N-dealkylation sites (tertiary alicyclic amines) is 1. The van der Waals surface area contributed by atoms with Crippen molar-refractivity contribution in [1.82, 2.24) is 19.8 Å². The van der Waals surface area contributed by atoms with Gasteiger partial charge in [0.05, 0.1) is 0 Å². The fourth-order valence-electron chi connectivity index (χ4n) is 7.31. The molecule has 43 heavy (non-hydrogen) atoms. The molecule has 3 fully saturated rings. The van der Waals surface area contributed by atoms with Gasteiger partial charge in [0.2, 0.25) is 12.5 Å². The number of halogens is 2. The minimum Gasteiger partial charge on any atom is -0.462 e. The van der Waals surface area contributed by atoms with Crippen LogP contribution in [0.15, 0.2) is 36.9 Å². The Morgan fingerprint density at radius 1 is 1.16 bits per heavy atom. The SMILES string of the molecule is [C-]#[N+]C[C@H]1CN(c2nc(OC[C@@H]3CCCN3C)nc3c(F)c(-c4ccc(F)c5c4C[C@@H]4C[C@H]54)ccc23)CCN1C(=O)C=C. The molecule has 10 heteroatoms. The number of nitrogens with zero attached hydrogens (tertiary/aromatic N) is 6. The van der Waals surface area contributed by atoms with Crippen LogP contribution in [0, 0.1) is 24.1 Å². The second kappa shape index (κ2) is 10.9. The van der Waals surface area contributed by atoms with E-state index in [4.69, 9.17) is 16.3 Å². The van der Waals surface area contributed by atoms with Crippen LogP contribution in [-0.4, -0.2) is 84.1 Å². The number of hydrogen-bond donors (Lipinski definition) is 0. The number of carbonyl (C=O) groups excluding carboxylic acids is 1. The first-order valence-corrected chi connectivity index (χ1v) is 15.0. The summed E-state index contributed by atoms with van der Waals surface area (Å²) in [4.78, 5) is 31.3. The largest absolute Gasteiger partial charge is 0.462 e. The first-order valence-electron chi connectivity index (χ1n) is 15.0. The lowest BCUT2D eigenvalue weighted by Crippen LogP contribution is -2.56. The predicted octanol–water partition coefficient (Wildman–Crippen LogP) is 4.83. The first kappa shape index (κ1) is 27.7. The zero-order valence-corrected chi connectivity index (χ0v) is 24.2. The lowest BCUT2D eigenvalue weighted by Gasteiger charge is -2.39. The van der Waals surface area contributed by atoms with Gasteiger partial charge >= 0.3 is 6.01 Å². The third kappa shape index (κ3) is 4.80. The van der Waals surface area contributed by atoms with Crippen molar-refractivity contribution in [2.75, 3.05) is 51.3 Å². The van der Waals surface area contributed by atoms with E-state index < -0.39 is 5.82 Å². The summed E-state index contributed by atoms with van der Waals surface area (Å²) in [7, 11) is 2.06.